The van der Waals surface area contributed by atoms with E-state index in [0.717, 1.165) is 77.0 Å². The molecule has 2 saturated heterocycles. The average Bonchev–Trinajstić information content (AvgIpc) is 3.02. The maximum atomic E-state index is 11.7. The molecule has 0 saturated carbocycles. The van der Waals surface area contributed by atoms with Crippen LogP contribution in [0.4, 0.5) is 0 Å². The van der Waals surface area contributed by atoms with Gasteiger partial charge in [-0.05, 0) is 26.3 Å². The Labute approximate surface area is 155 Å². The maximum absolute atomic E-state index is 11.7. The smallest absolute Gasteiger partial charge is 0.221 e. The number of likely N-dealkylation sites (tertiary alicyclic amines) is 1. The van der Waals surface area contributed by atoms with Crippen LogP contribution < -0.4 is 5.32 Å². The van der Waals surface area contributed by atoms with E-state index in [-0.39, 0.29) is 5.91 Å². The Balaban J connectivity index is 1.55. The van der Waals surface area contributed by atoms with Gasteiger partial charge in [0, 0.05) is 52.1 Å². The summed E-state index contributed by atoms with van der Waals surface area (Å²) in [6, 6.07) is 0. The summed E-state index contributed by atoms with van der Waals surface area (Å²) in [7, 11) is 2.08. The van der Waals surface area contributed by atoms with Crippen LogP contribution in [0.15, 0.2) is 0 Å². The molecule has 3 heterocycles. The van der Waals surface area contributed by atoms with Crippen LogP contribution in [0.1, 0.15) is 43.8 Å². The van der Waals surface area contributed by atoms with E-state index in [1.807, 2.05) is 6.92 Å². The molecule has 1 aromatic rings. The lowest BCUT2D eigenvalue weighted by Gasteiger charge is -2.32. The molecular formula is C18H32N6O2. The van der Waals surface area contributed by atoms with E-state index in [2.05, 4.69) is 36.9 Å². The third-order valence-electron chi connectivity index (χ3n) is 5.37. The van der Waals surface area contributed by atoms with Crippen LogP contribution in [0.3, 0.4) is 0 Å². The Kier molecular flexibility index (Phi) is 6.99. The first-order valence-electron chi connectivity index (χ1n) is 9.84. The second-order valence-electron chi connectivity index (χ2n) is 7.27. The number of aromatic nitrogens is 3. The summed E-state index contributed by atoms with van der Waals surface area (Å²) < 4.78 is 7.59. The molecule has 1 N–H and O–H groups in total. The highest BCUT2D eigenvalue weighted by Crippen LogP contribution is 2.26. The summed E-state index contributed by atoms with van der Waals surface area (Å²) in [5, 5.41) is 11.8. The number of piperidine rings is 1. The number of carbonyl (C=O) groups excluding carboxylic acids is 1. The van der Waals surface area contributed by atoms with Gasteiger partial charge >= 0.3 is 0 Å². The van der Waals surface area contributed by atoms with Crippen molar-refractivity contribution in [2.24, 2.45) is 7.05 Å². The molecule has 1 unspecified atom stereocenters. The van der Waals surface area contributed by atoms with Gasteiger partial charge in [0.15, 0.2) is 0 Å². The zero-order chi connectivity index (χ0) is 18.4. The fraction of sp³-hybridized carbons (Fsp3) is 0.833. The topological polar surface area (TPSA) is 75.5 Å². The molecule has 0 aromatic carbocycles. The molecule has 2 fully saturated rings. The minimum atomic E-state index is 0.140. The van der Waals surface area contributed by atoms with E-state index in [4.69, 9.17) is 4.74 Å². The van der Waals surface area contributed by atoms with Gasteiger partial charge < -0.3 is 19.5 Å². The van der Waals surface area contributed by atoms with Gasteiger partial charge in [-0.3, -0.25) is 9.69 Å². The number of amides is 1. The molecular weight excluding hydrogens is 332 g/mol. The van der Waals surface area contributed by atoms with Crippen molar-refractivity contribution in [2.45, 2.75) is 38.6 Å². The van der Waals surface area contributed by atoms with Crippen LogP contribution in [-0.4, -0.2) is 83.0 Å². The van der Waals surface area contributed by atoms with Crippen LogP contribution in [0, 0.1) is 0 Å². The van der Waals surface area contributed by atoms with Crippen molar-refractivity contribution in [3.63, 3.8) is 0 Å². The zero-order valence-corrected chi connectivity index (χ0v) is 16.1. The molecule has 0 spiro atoms. The second kappa shape index (κ2) is 9.43. The quantitative estimate of drug-likeness (QED) is 0.753. The maximum Gasteiger partial charge on any atom is 0.221 e. The molecule has 2 aliphatic rings. The predicted octanol–water partition coefficient (Wildman–Crippen LogP) is 0.353. The van der Waals surface area contributed by atoms with E-state index in [0.29, 0.717) is 18.9 Å². The lowest BCUT2D eigenvalue weighted by molar-refractivity contribution is -0.121. The van der Waals surface area contributed by atoms with Crippen LogP contribution in [0.25, 0.3) is 0 Å². The van der Waals surface area contributed by atoms with E-state index in [1.54, 1.807) is 0 Å². The summed E-state index contributed by atoms with van der Waals surface area (Å²) in [5.74, 6) is 2.65. The first-order valence-corrected chi connectivity index (χ1v) is 9.84. The molecule has 146 valence electrons. The number of carbonyl (C=O) groups is 1. The van der Waals surface area contributed by atoms with Crippen LogP contribution in [0.5, 0.6) is 0 Å². The van der Waals surface area contributed by atoms with Crippen molar-refractivity contribution in [3.8, 4) is 0 Å². The van der Waals surface area contributed by atoms with Gasteiger partial charge in [-0.25, -0.2) is 0 Å². The minimum absolute atomic E-state index is 0.140. The molecule has 8 heteroatoms. The molecule has 1 atom stereocenters. The Morgan fingerprint density at radius 2 is 2.04 bits per heavy atom. The number of hydrogen-bond acceptors (Lipinski definition) is 6. The minimum Gasteiger partial charge on any atom is -0.379 e. The monoisotopic (exact) mass is 364 g/mol. The molecule has 3 rings (SSSR count). The molecule has 26 heavy (non-hydrogen) atoms. The Morgan fingerprint density at radius 1 is 1.23 bits per heavy atom. The van der Waals surface area contributed by atoms with Crippen LogP contribution >= 0.6 is 0 Å². The zero-order valence-electron chi connectivity index (χ0n) is 16.1. The molecule has 0 radical (unpaired) electrons. The molecule has 1 aromatic heterocycles. The number of nitrogens with zero attached hydrogens (tertiary/aromatic N) is 5. The SMILES string of the molecule is CCNC(=O)CCN1CCCC(c2nnc(CN3CCOCC3)n2C)C1. The van der Waals surface area contributed by atoms with Crippen molar-refractivity contribution < 1.29 is 9.53 Å². The van der Waals surface area contributed by atoms with Gasteiger partial charge in [-0.15, -0.1) is 10.2 Å². The molecule has 2 aliphatic heterocycles. The normalized spacial score (nSPS) is 22.5. The number of nitrogens with one attached hydrogen (secondary N) is 1. The predicted molar refractivity (Wildman–Crippen MR) is 98.8 cm³/mol. The van der Waals surface area contributed by atoms with Crippen LogP contribution in [-0.2, 0) is 23.1 Å². The number of hydrogen-bond donors (Lipinski definition) is 1. The Bertz CT molecular complexity index is 584. The highest BCUT2D eigenvalue weighted by atomic mass is 16.5. The molecule has 1 amide bonds. The molecule has 8 nitrogen and oxygen atoms in total. The van der Waals surface area contributed by atoms with Gasteiger partial charge in [0.25, 0.3) is 0 Å². The van der Waals surface area contributed by atoms with Crippen molar-refractivity contribution in [1.29, 1.82) is 0 Å². The lowest BCUT2D eigenvalue weighted by atomic mass is 9.97. The van der Waals surface area contributed by atoms with E-state index in [1.165, 1.54) is 0 Å². The first kappa shape index (κ1) is 19.3. The van der Waals surface area contributed by atoms with Gasteiger partial charge in [-0.2, -0.15) is 0 Å². The highest BCUT2D eigenvalue weighted by Gasteiger charge is 2.26. The summed E-state index contributed by atoms with van der Waals surface area (Å²) >= 11 is 0. The fourth-order valence-electron chi connectivity index (χ4n) is 3.84. The van der Waals surface area contributed by atoms with Crippen LogP contribution in [0.2, 0.25) is 0 Å². The average molecular weight is 364 g/mol. The Hall–Kier alpha value is -1.51. The van der Waals surface area contributed by atoms with Crippen molar-refractivity contribution in [3.05, 3.63) is 11.6 Å². The third kappa shape index (κ3) is 5.02. The molecule has 0 bridgehead atoms. The van der Waals surface area contributed by atoms with E-state index < -0.39 is 0 Å². The third-order valence-corrected chi connectivity index (χ3v) is 5.37. The van der Waals surface area contributed by atoms with Gasteiger partial charge in [0.05, 0.1) is 19.8 Å². The van der Waals surface area contributed by atoms with Crippen molar-refractivity contribution in [1.82, 2.24) is 29.9 Å². The lowest BCUT2D eigenvalue weighted by Crippen LogP contribution is -2.38. The summed E-state index contributed by atoms with van der Waals surface area (Å²) in [5.41, 5.74) is 0. The number of ether oxygens (including phenoxy) is 1. The van der Waals surface area contributed by atoms with Crippen molar-refractivity contribution in [2.75, 3.05) is 52.5 Å². The van der Waals surface area contributed by atoms with Crippen molar-refractivity contribution >= 4 is 5.91 Å². The van der Waals surface area contributed by atoms with Gasteiger partial charge in [0.1, 0.15) is 11.6 Å². The largest absolute Gasteiger partial charge is 0.379 e. The Morgan fingerprint density at radius 3 is 2.81 bits per heavy atom. The standard InChI is InChI=1S/C18H32N6O2/c1-3-19-17(25)6-8-23-7-4-5-15(13-23)18-21-20-16(22(18)2)14-24-9-11-26-12-10-24/h15H,3-14H2,1-2H3,(H,19,25). The van der Waals surface area contributed by atoms with Gasteiger partial charge in [-0.1, -0.05) is 0 Å². The summed E-state index contributed by atoms with van der Waals surface area (Å²) in [6.07, 6.45) is 2.86. The fourth-order valence-corrected chi connectivity index (χ4v) is 3.84. The highest BCUT2D eigenvalue weighted by molar-refractivity contribution is 5.75. The number of morpholine rings is 1. The first-order chi connectivity index (χ1) is 12.7. The summed E-state index contributed by atoms with van der Waals surface area (Å²) in [4.78, 5) is 16.5. The second-order valence-corrected chi connectivity index (χ2v) is 7.27. The molecule has 0 aliphatic carbocycles. The van der Waals surface area contributed by atoms with E-state index >= 15 is 0 Å². The van der Waals surface area contributed by atoms with Gasteiger partial charge in [0.2, 0.25) is 5.91 Å². The summed E-state index contributed by atoms with van der Waals surface area (Å²) in [6.45, 7) is 9.85. The van der Waals surface area contributed by atoms with E-state index in [9.17, 15) is 4.79 Å². The number of rotatable bonds is 7.